The van der Waals surface area contributed by atoms with Crippen LogP contribution in [0.2, 0.25) is 0 Å². The van der Waals surface area contributed by atoms with Crippen LogP contribution in [0.5, 0.6) is 0 Å². The molecule has 8 N–H and O–H groups in total. The second-order valence-electron chi connectivity index (χ2n) is 14.5. The number of unbranched alkanes of at least 4 members (excludes halogenated alkanes) is 3. The lowest BCUT2D eigenvalue weighted by atomic mass is 10.0. The van der Waals surface area contributed by atoms with Gasteiger partial charge >= 0.3 is 0 Å². The Bertz CT molecular complexity index is 1250. The van der Waals surface area contributed by atoms with Crippen molar-refractivity contribution in [1.29, 1.82) is 0 Å². The molecule has 0 spiro atoms. The van der Waals surface area contributed by atoms with E-state index in [9.17, 15) is 28.8 Å². The molecule has 0 aliphatic carbocycles. The molecule has 0 saturated carbocycles. The molecule has 22 heteroatoms. The molecule has 0 rings (SSSR count). The Kier molecular flexibility index (Phi) is 42.7. The molecule has 6 amide bonds. The number of hydrogen-bond acceptors (Lipinski definition) is 16. The number of nitrogens with one attached hydrogen (secondary N) is 4. The Hall–Kier alpha value is -4.03. The minimum atomic E-state index is -0.349. The predicted molar refractivity (Wildman–Crippen MR) is 236 cm³/mol. The SMILES string of the molecule is C/C(CCC(=O)NCCOCCOCCOCCOCCC(=O)NCCCCC(C)C(N)=O)=N/OCC(=O)NCCOCCOCCOCCOCCC(=O)NCCCCCC(N)=O. The summed E-state index contributed by atoms with van der Waals surface area (Å²) in [7, 11) is 0. The number of ether oxygens (including phenoxy) is 8. The highest BCUT2D eigenvalue weighted by molar-refractivity contribution is 5.86. The summed E-state index contributed by atoms with van der Waals surface area (Å²) in [6.45, 7) is 10.9. The largest absolute Gasteiger partial charge is 0.386 e. The maximum Gasteiger partial charge on any atom is 0.260 e. The Morgan fingerprint density at radius 1 is 0.438 bits per heavy atom. The van der Waals surface area contributed by atoms with Crippen molar-refractivity contribution < 1.29 is 71.5 Å². The third-order valence-electron chi connectivity index (χ3n) is 8.74. The van der Waals surface area contributed by atoms with Crippen molar-refractivity contribution in [3.05, 3.63) is 0 Å². The third kappa shape index (κ3) is 46.0. The minimum absolute atomic E-state index is 0.0766. The zero-order valence-electron chi connectivity index (χ0n) is 38.4. The van der Waals surface area contributed by atoms with E-state index < -0.39 is 0 Å². The van der Waals surface area contributed by atoms with Crippen molar-refractivity contribution in [3.63, 3.8) is 0 Å². The molecule has 1 atom stereocenters. The number of oxime groups is 1. The van der Waals surface area contributed by atoms with Gasteiger partial charge in [-0.05, 0) is 39.0 Å². The molecule has 0 aromatic heterocycles. The van der Waals surface area contributed by atoms with Crippen molar-refractivity contribution in [2.24, 2.45) is 22.5 Å². The van der Waals surface area contributed by atoms with E-state index in [4.69, 9.17) is 54.2 Å². The van der Waals surface area contributed by atoms with Crippen LogP contribution in [0, 0.1) is 5.92 Å². The normalized spacial score (nSPS) is 11.8. The van der Waals surface area contributed by atoms with E-state index in [0.29, 0.717) is 150 Å². The van der Waals surface area contributed by atoms with Crippen molar-refractivity contribution in [1.82, 2.24) is 21.3 Å². The molecule has 0 aromatic rings. The van der Waals surface area contributed by atoms with E-state index in [-0.39, 0.29) is 67.2 Å². The van der Waals surface area contributed by atoms with Gasteiger partial charge in [-0.2, -0.15) is 0 Å². The summed E-state index contributed by atoms with van der Waals surface area (Å²) < 4.78 is 43.5. The molecule has 64 heavy (non-hydrogen) atoms. The smallest absolute Gasteiger partial charge is 0.260 e. The first-order valence-electron chi connectivity index (χ1n) is 22.4. The van der Waals surface area contributed by atoms with Crippen molar-refractivity contribution in [2.45, 2.75) is 84.5 Å². The van der Waals surface area contributed by atoms with E-state index in [1.807, 2.05) is 0 Å². The fourth-order valence-electron chi connectivity index (χ4n) is 5.01. The van der Waals surface area contributed by atoms with E-state index >= 15 is 0 Å². The molecular formula is C42H79N7O15. The van der Waals surface area contributed by atoms with E-state index in [0.717, 1.165) is 38.5 Å². The standard InChI is InChI=1S/C42H79N7O15/c1-35(42(44)55)8-5-7-15-46-40(53)13-19-57-23-27-61-30-32-62-28-24-58-20-16-47-38(51)11-10-36(2)49-64-34-41(54)48-17-21-59-25-29-63-33-31-60-26-22-56-18-12-39(52)45-14-6-3-4-9-37(43)50/h35H,3-34H2,1-2H3,(H2,43,50)(H2,44,55)(H,45,52)(H,46,53)(H,47,51)(H,48,54)/b49-36-. The lowest BCUT2D eigenvalue weighted by Gasteiger charge is -2.09. The fourth-order valence-corrected chi connectivity index (χ4v) is 5.01. The molecule has 372 valence electrons. The second-order valence-corrected chi connectivity index (χ2v) is 14.5. The van der Waals surface area contributed by atoms with Gasteiger partial charge in [0.05, 0.1) is 111 Å². The maximum absolute atomic E-state index is 12.1. The summed E-state index contributed by atoms with van der Waals surface area (Å²) in [5, 5.41) is 15.0. The summed E-state index contributed by atoms with van der Waals surface area (Å²) in [5.74, 6) is -1.41. The van der Waals surface area contributed by atoms with Gasteiger partial charge in [0.1, 0.15) is 0 Å². The number of hydrogen-bond donors (Lipinski definition) is 6. The second kappa shape index (κ2) is 45.5. The highest BCUT2D eigenvalue weighted by Gasteiger charge is 2.09. The van der Waals surface area contributed by atoms with Crippen LogP contribution in [0.4, 0.5) is 0 Å². The number of carbonyl (C=O) groups is 6. The predicted octanol–water partition coefficient (Wildman–Crippen LogP) is -0.126. The molecule has 0 saturated heterocycles. The van der Waals surface area contributed by atoms with Gasteiger partial charge in [0.15, 0.2) is 6.61 Å². The van der Waals surface area contributed by atoms with Crippen LogP contribution in [-0.2, 0) is 71.5 Å². The first kappa shape index (κ1) is 60.0. The summed E-state index contributed by atoms with van der Waals surface area (Å²) in [5.41, 5.74) is 10.9. The van der Waals surface area contributed by atoms with E-state index in [1.165, 1.54) is 0 Å². The van der Waals surface area contributed by atoms with Gasteiger partial charge in [-0.25, -0.2) is 0 Å². The molecule has 0 bridgehead atoms. The molecule has 1 unspecified atom stereocenters. The Balaban J connectivity index is 3.46. The molecular weight excluding hydrogens is 842 g/mol. The Morgan fingerprint density at radius 2 is 0.828 bits per heavy atom. The zero-order valence-corrected chi connectivity index (χ0v) is 38.4. The van der Waals surface area contributed by atoms with Crippen molar-refractivity contribution >= 4 is 41.2 Å². The monoisotopic (exact) mass is 922 g/mol. The number of rotatable bonds is 48. The number of primary amides is 2. The van der Waals surface area contributed by atoms with Gasteiger partial charge in [0.2, 0.25) is 29.5 Å². The zero-order chi connectivity index (χ0) is 47.1. The first-order valence-corrected chi connectivity index (χ1v) is 22.4. The number of carbonyl (C=O) groups excluding carboxylic acids is 6. The van der Waals surface area contributed by atoms with Crippen molar-refractivity contribution in [3.8, 4) is 0 Å². The average Bonchev–Trinajstić information content (AvgIpc) is 3.26. The lowest BCUT2D eigenvalue weighted by molar-refractivity contribution is -0.126. The van der Waals surface area contributed by atoms with Crippen molar-refractivity contribution in [2.75, 3.05) is 138 Å². The summed E-state index contributed by atoms with van der Waals surface area (Å²) in [6, 6.07) is 0. The van der Waals surface area contributed by atoms with E-state index in [1.54, 1.807) is 13.8 Å². The number of nitrogens with zero attached hydrogens (tertiary/aromatic N) is 1. The molecule has 0 heterocycles. The lowest BCUT2D eigenvalue weighted by Crippen LogP contribution is -2.30. The molecule has 0 aliphatic rings. The van der Waals surface area contributed by atoms with Crippen LogP contribution in [0.3, 0.4) is 0 Å². The van der Waals surface area contributed by atoms with Gasteiger partial charge in [-0.1, -0.05) is 24.9 Å². The van der Waals surface area contributed by atoms with Gasteiger partial charge in [-0.3, -0.25) is 28.8 Å². The van der Waals surface area contributed by atoms with Crippen LogP contribution in [0.15, 0.2) is 5.16 Å². The highest BCUT2D eigenvalue weighted by atomic mass is 16.6. The van der Waals surface area contributed by atoms with Crippen LogP contribution in [0.1, 0.15) is 84.5 Å². The molecule has 0 fully saturated rings. The first-order chi connectivity index (χ1) is 31.0. The third-order valence-corrected chi connectivity index (χ3v) is 8.74. The molecule has 0 aromatic carbocycles. The average molecular weight is 922 g/mol. The topological polar surface area (TPSA) is 298 Å². The van der Waals surface area contributed by atoms with Gasteiger partial charge in [0, 0.05) is 57.8 Å². The van der Waals surface area contributed by atoms with Crippen LogP contribution >= 0.6 is 0 Å². The quantitative estimate of drug-likeness (QED) is 0.0263. The molecule has 0 aliphatic heterocycles. The minimum Gasteiger partial charge on any atom is -0.386 e. The Labute approximate surface area is 378 Å². The van der Waals surface area contributed by atoms with Gasteiger partial charge in [-0.15, -0.1) is 0 Å². The highest BCUT2D eigenvalue weighted by Crippen LogP contribution is 2.06. The summed E-state index contributed by atoms with van der Waals surface area (Å²) in [6.07, 6.45) is 6.22. The fraction of sp³-hybridized carbons (Fsp3) is 0.833. The van der Waals surface area contributed by atoms with Crippen LogP contribution in [0.25, 0.3) is 0 Å². The molecule has 0 radical (unpaired) electrons. The summed E-state index contributed by atoms with van der Waals surface area (Å²) in [4.78, 5) is 74.4. The van der Waals surface area contributed by atoms with Crippen LogP contribution < -0.4 is 32.7 Å². The summed E-state index contributed by atoms with van der Waals surface area (Å²) >= 11 is 0. The van der Waals surface area contributed by atoms with Gasteiger partial charge in [0.25, 0.3) is 5.91 Å². The van der Waals surface area contributed by atoms with Crippen LogP contribution in [-0.4, -0.2) is 180 Å². The number of amides is 6. The number of nitrogens with two attached hydrogens (primary N) is 2. The van der Waals surface area contributed by atoms with E-state index in [2.05, 4.69) is 26.4 Å². The maximum atomic E-state index is 12.1. The van der Waals surface area contributed by atoms with Gasteiger partial charge < -0.3 is 75.5 Å². The molecule has 22 nitrogen and oxygen atoms in total. The Morgan fingerprint density at radius 3 is 1.28 bits per heavy atom.